The Hall–Kier alpha value is -2.54. The largest absolute Gasteiger partial charge is 0.341 e. The number of sulfone groups is 1. The summed E-state index contributed by atoms with van der Waals surface area (Å²) in [6.45, 7) is 0. The Balaban J connectivity index is 1.71. The molecule has 0 radical (unpaired) electrons. The van der Waals surface area contributed by atoms with Crippen molar-refractivity contribution < 1.29 is 8.42 Å². The molecule has 1 aromatic heterocycles. The van der Waals surface area contributed by atoms with Crippen molar-refractivity contribution in [1.82, 2.24) is 9.97 Å². The van der Waals surface area contributed by atoms with Crippen LogP contribution in [0, 0.1) is 0 Å². The molecule has 0 aliphatic rings. The van der Waals surface area contributed by atoms with E-state index in [0.29, 0.717) is 15.7 Å². The van der Waals surface area contributed by atoms with Crippen LogP contribution in [0.15, 0.2) is 88.7 Å². The highest BCUT2D eigenvalue weighted by molar-refractivity contribution is 7.98. The van der Waals surface area contributed by atoms with Gasteiger partial charge in [0, 0.05) is 27.3 Å². The minimum atomic E-state index is -3.25. The standard InChI is InChI=1S/C23H19ClN2O2S2/c1-30(27,28)20-13-9-17(10-14-20)23-22(16-7-11-18(24)12-8-16)25-21(26-23)15-29-19-5-3-2-4-6-19/h2-14H,15H2,1H3,(H,25,26). The quantitative estimate of drug-likeness (QED) is 0.358. The number of benzene rings is 3. The molecule has 0 saturated carbocycles. The van der Waals surface area contributed by atoms with Gasteiger partial charge in [-0.3, -0.25) is 0 Å². The lowest BCUT2D eigenvalue weighted by atomic mass is 10.1. The third-order valence-electron chi connectivity index (χ3n) is 4.56. The van der Waals surface area contributed by atoms with Gasteiger partial charge in [0.2, 0.25) is 0 Å². The SMILES string of the molecule is CS(=O)(=O)c1ccc(-c2[nH]c(CSc3ccccc3)nc2-c2ccc(Cl)cc2)cc1. The van der Waals surface area contributed by atoms with Gasteiger partial charge in [0.1, 0.15) is 5.82 Å². The highest BCUT2D eigenvalue weighted by Crippen LogP contribution is 2.33. The molecule has 3 aromatic carbocycles. The van der Waals surface area contributed by atoms with E-state index in [1.165, 1.54) is 11.2 Å². The fourth-order valence-corrected chi connectivity index (χ4v) is 4.60. The lowest BCUT2D eigenvalue weighted by molar-refractivity contribution is 0.602. The number of nitrogens with zero attached hydrogens (tertiary/aromatic N) is 1. The van der Waals surface area contributed by atoms with E-state index in [2.05, 4.69) is 17.1 Å². The minimum absolute atomic E-state index is 0.290. The molecule has 4 aromatic rings. The molecule has 0 unspecified atom stereocenters. The molecule has 1 N–H and O–H groups in total. The number of thioether (sulfide) groups is 1. The predicted molar refractivity (Wildman–Crippen MR) is 124 cm³/mol. The Morgan fingerprint density at radius 1 is 0.900 bits per heavy atom. The summed E-state index contributed by atoms with van der Waals surface area (Å²) in [4.78, 5) is 9.72. The van der Waals surface area contributed by atoms with Crippen molar-refractivity contribution >= 4 is 33.2 Å². The lowest BCUT2D eigenvalue weighted by Crippen LogP contribution is -1.96. The van der Waals surface area contributed by atoms with E-state index in [-0.39, 0.29) is 0 Å². The number of hydrogen-bond acceptors (Lipinski definition) is 4. The summed E-state index contributed by atoms with van der Waals surface area (Å²) in [5.41, 5.74) is 3.47. The van der Waals surface area contributed by atoms with Crippen molar-refractivity contribution in [3.05, 3.63) is 89.7 Å². The highest BCUT2D eigenvalue weighted by Gasteiger charge is 2.16. The van der Waals surface area contributed by atoms with E-state index in [1.54, 1.807) is 36.0 Å². The van der Waals surface area contributed by atoms with Gasteiger partial charge >= 0.3 is 0 Å². The third kappa shape index (κ3) is 4.78. The number of nitrogens with one attached hydrogen (secondary N) is 1. The molecule has 0 saturated heterocycles. The molecule has 0 atom stereocenters. The predicted octanol–water partition coefficient (Wildman–Crippen LogP) is 6.09. The highest BCUT2D eigenvalue weighted by atomic mass is 35.5. The van der Waals surface area contributed by atoms with E-state index in [9.17, 15) is 8.42 Å². The monoisotopic (exact) mass is 454 g/mol. The molecular formula is C23H19ClN2O2S2. The van der Waals surface area contributed by atoms with Gasteiger partial charge in [-0.1, -0.05) is 54.1 Å². The second-order valence-electron chi connectivity index (χ2n) is 6.81. The maximum Gasteiger partial charge on any atom is 0.175 e. The van der Waals surface area contributed by atoms with E-state index in [0.717, 1.165) is 28.3 Å². The molecule has 4 nitrogen and oxygen atoms in total. The van der Waals surface area contributed by atoms with Crippen molar-refractivity contribution in [3.63, 3.8) is 0 Å². The summed E-state index contributed by atoms with van der Waals surface area (Å²) in [6, 6.07) is 24.5. The maximum absolute atomic E-state index is 11.8. The van der Waals surface area contributed by atoms with Gasteiger partial charge in [0.05, 0.1) is 22.0 Å². The van der Waals surface area contributed by atoms with Crippen molar-refractivity contribution in [2.24, 2.45) is 0 Å². The molecule has 0 amide bonds. The van der Waals surface area contributed by atoms with E-state index in [1.807, 2.05) is 42.5 Å². The number of H-pyrrole nitrogens is 1. The summed E-state index contributed by atoms with van der Waals surface area (Å²) >= 11 is 7.75. The second kappa shape index (κ2) is 8.68. The van der Waals surface area contributed by atoms with Gasteiger partial charge in [-0.05, 0) is 36.4 Å². The smallest absolute Gasteiger partial charge is 0.175 e. The average molecular weight is 455 g/mol. The number of aromatic amines is 1. The first-order valence-electron chi connectivity index (χ1n) is 9.23. The molecule has 0 fully saturated rings. The molecule has 0 aliphatic heterocycles. The zero-order valence-corrected chi connectivity index (χ0v) is 18.6. The zero-order valence-electron chi connectivity index (χ0n) is 16.2. The Kier molecular flexibility index (Phi) is 5.99. The van der Waals surface area contributed by atoms with E-state index in [4.69, 9.17) is 16.6 Å². The summed E-state index contributed by atoms with van der Waals surface area (Å²) < 4.78 is 23.6. The topological polar surface area (TPSA) is 62.8 Å². The van der Waals surface area contributed by atoms with Crippen LogP contribution in [0.1, 0.15) is 5.82 Å². The third-order valence-corrected chi connectivity index (χ3v) is 6.96. The van der Waals surface area contributed by atoms with Gasteiger partial charge in [-0.2, -0.15) is 0 Å². The van der Waals surface area contributed by atoms with Crippen LogP contribution in [0.25, 0.3) is 22.5 Å². The molecule has 30 heavy (non-hydrogen) atoms. The Morgan fingerprint density at radius 2 is 1.53 bits per heavy atom. The summed E-state index contributed by atoms with van der Waals surface area (Å²) in [7, 11) is -3.25. The first kappa shape index (κ1) is 20.7. The first-order valence-corrected chi connectivity index (χ1v) is 12.5. The number of aromatic nitrogens is 2. The fourth-order valence-electron chi connectivity index (χ4n) is 3.05. The van der Waals surface area contributed by atoms with Crippen molar-refractivity contribution in [2.75, 3.05) is 6.26 Å². The molecule has 0 aliphatic carbocycles. The lowest BCUT2D eigenvalue weighted by Gasteiger charge is -2.05. The summed E-state index contributed by atoms with van der Waals surface area (Å²) in [6.07, 6.45) is 1.20. The van der Waals surface area contributed by atoms with Gasteiger partial charge < -0.3 is 4.98 Å². The summed E-state index contributed by atoms with van der Waals surface area (Å²) in [5.74, 6) is 1.53. The molecular weight excluding hydrogens is 436 g/mol. The number of halogens is 1. The molecule has 4 rings (SSSR count). The molecule has 7 heteroatoms. The first-order chi connectivity index (χ1) is 14.4. The Bertz CT molecular complexity index is 1250. The summed E-state index contributed by atoms with van der Waals surface area (Å²) in [5, 5.41) is 0.660. The molecule has 1 heterocycles. The van der Waals surface area contributed by atoms with Crippen molar-refractivity contribution in [3.8, 4) is 22.5 Å². The van der Waals surface area contributed by atoms with Crippen LogP contribution in [0.5, 0.6) is 0 Å². The van der Waals surface area contributed by atoms with Gasteiger partial charge in [-0.25, -0.2) is 13.4 Å². The van der Waals surface area contributed by atoms with Crippen molar-refractivity contribution in [1.29, 1.82) is 0 Å². The second-order valence-corrected chi connectivity index (χ2v) is 10.3. The number of rotatable bonds is 6. The van der Waals surface area contributed by atoms with Crippen LogP contribution < -0.4 is 0 Å². The van der Waals surface area contributed by atoms with Crippen molar-refractivity contribution in [2.45, 2.75) is 15.5 Å². The van der Waals surface area contributed by atoms with Crippen LogP contribution in [-0.4, -0.2) is 24.6 Å². The molecule has 0 bridgehead atoms. The molecule has 0 spiro atoms. The minimum Gasteiger partial charge on any atom is -0.341 e. The Labute approximate surface area is 185 Å². The normalized spacial score (nSPS) is 11.5. The van der Waals surface area contributed by atoms with Crippen LogP contribution >= 0.6 is 23.4 Å². The van der Waals surface area contributed by atoms with Crippen LogP contribution in [-0.2, 0) is 15.6 Å². The fraction of sp³-hybridized carbons (Fsp3) is 0.0870. The zero-order chi connectivity index (χ0) is 21.1. The Morgan fingerprint density at radius 3 is 2.17 bits per heavy atom. The number of hydrogen-bond donors (Lipinski definition) is 1. The van der Waals surface area contributed by atoms with Crippen LogP contribution in [0.4, 0.5) is 0 Å². The van der Waals surface area contributed by atoms with E-state index >= 15 is 0 Å². The average Bonchev–Trinajstić information content (AvgIpc) is 3.17. The van der Waals surface area contributed by atoms with Gasteiger partial charge in [0.25, 0.3) is 0 Å². The van der Waals surface area contributed by atoms with E-state index < -0.39 is 9.84 Å². The van der Waals surface area contributed by atoms with Gasteiger partial charge in [-0.15, -0.1) is 11.8 Å². The maximum atomic E-state index is 11.8. The van der Waals surface area contributed by atoms with Crippen LogP contribution in [0.2, 0.25) is 5.02 Å². The number of imidazole rings is 1. The molecule has 152 valence electrons. The van der Waals surface area contributed by atoms with Crippen LogP contribution in [0.3, 0.4) is 0 Å². The van der Waals surface area contributed by atoms with Gasteiger partial charge in [0.15, 0.2) is 9.84 Å².